The van der Waals surface area contributed by atoms with Gasteiger partial charge >= 0.3 is 0 Å². The van der Waals surface area contributed by atoms with Crippen molar-refractivity contribution in [3.63, 3.8) is 0 Å². The highest BCUT2D eigenvalue weighted by atomic mass is 35.5. The zero-order chi connectivity index (χ0) is 11.0. The van der Waals surface area contributed by atoms with E-state index in [1.807, 2.05) is 12.1 Å². The van der Waals surface area contributed by atoms with E-state index in [-0.39, 0.29) is 0 Å². The van der Waals surface area contributed by atoms with Crippen molar-refractivity contribution >= 4 is 11.6 Å². The molecule has 2 aliphatic heterocycles. The second-order valence-electron chi connectivity index (χ2n) is 5.22. The number of fused-ring (bicyclic) bond motifs is 2. The van der Waals surface area contributed by atoms with Crippen molar-refractivity contribution in [3.05, 3.63) is 34.9 Å². The Hall–Kier alpha value is -0.530. The van der Waals surface area contributed by atoms with Crippen molar-refractivity contribution in [2.45, 2.75) is 44.2 Å². The van der Waals surface area contributed by atoms with Crippen LogP contribution in [0.5, 0.6) is 0 Å². The highest BCUT2D eigenvalue weighted by molar-refractivity contribution is 6.30. The standard InChI is InChI=1S/C14H18ClN/c15-12-4-1-10(2-5-12)9-11-3-6-13-7-8-14(11)16-13/h1-2,4-5,11,13-14,16H,3,6-9H2/t11-,13+,14-/m1/s1. The van der Waals surface area contributed by atoms with Crippen molar-refractivity contribution in [2.24, 2.45) is 5.92 Å². The third-order valence-corrected chi connectivity index (χ3v) is 4.39. The van der Waals surface area contributed by atoms with Gasteiger partial charge in [0.2, 0.25) is 0 Å². The number of halogens is 1. The van der Waals surface area contributed by atoms with Gasteiger partial charge < -0.3 is 5.32 Å². The van der Waals surface area contributed by atoms with Gasteiger partial charge in [0.25, 0.3) is 0 Å². The Morgan fingerprint density at radius 3 is 2.62 bits per heavy atom. The lowest BCUT2D eigenvalue weighted by atomic mass is 9.86. The minimum atomic E-state index is 0.773. The van der Waals surface area contributed by atoms with E-state index in [9.17, 15) is 0 Å². The number of benzene rings is 1. The molecular formula is C14H18ClN. The SMILES string of the molecule is Clc1ccc(C[C@H]2CC[C@H]3CC[C@H]2N3)cc1. The van der Waals surface area contributed by atoms with Crippen LogP contribution in [0.15, 0.2) is 24.3 Å². The minimum absolute atomic E-state index is 0.773. The summed E-state index contributed by atoms with van der Waals surface area (Å²) < 4.78 is 0. The molecule has 0 radical (unpaired) electrons. The van der Waals surface area contributed by atoms with Crippen LogP contribution in [0.4, 0.5) is 0 Å². The van der Waals surface area contributed by atoms with E-state index in [2.05, 4.69) is 17.4 Å². The molecule has 1 aromatic carbocycles. The van der Waals surface area contributed by atoms with Gasteiger partial charge in [-0.05, 0) is 55.7 Å². The van der Waals surface area contributed by atoms with Gasteiger partial charge in [0.05, 0.1) is 0 Å². The first kappa shape index (κ1) is 10.6. The van der Waals surface area contributed by atoms with E-state index in [4.69, 9.17) is 11.6 Å². The number of rotatable bonds is 2. The van der Waals surface area contributed by atoms with E-state index in [1.165, 1.54) is 37.7 Å². The Morgan fingerprint density at radius 2 is 1.81 bits per heavy atom. The van der Waals surface area contributed by atoms with Gasteiger partial charge in [0.15, 0.2) is 0 Å². The molecule has 16 heavy (non-hydrogen) atoms. The maximum atomic E-state index is 5.90. The molecule has 0 spiro atoms. The van der Waals surface area contributed by atoms with Crippen molar-refractivity contribution in [3.8, 4) is 0 Å². The summed E-state index contributed by atoms with van der Waals surface area (Å²) in [5.41, 5.74) is 1.43. The lowest BCUT2D eigenvalue weighted by Crippen LogP contribution is -2.41. The summed E-state index contributed by atoms with van der Waals surface area (Å²) in [6, 6.07) is 9.95. The second-order valence-corrected chi connectivity index (χ2v) is 5.65. The average molecular weight is 236 g/mol. The monoisotopic (exact) mass is 235 g/mol. The Bertz CT molecular complexity index is 360. The minimum Gasteiger partial charge on any atom is -0.311 e. The molecule has 1 aromatic rings. The van der Waals surface area contributed by atoms with E-state index in [1.54, 1.807) is 0 Å². The molecule has 2 aliphatic rings. The summed E-state index contributed by atoms with van der Waals surface area (Å²) in [6.45, 7) is 0. The maximum absolute atomic E-state index is 5.90. The van der Waals surface area contributed by atoms with Crippen LogP contribution in [-0.4, -0.2) is 12.1 Å². The number of hydrogen-bond donors (Lipinski definition) is 1. The van der Waals surface area contributed by atoms with Crippen molar-refractivity contribution in [1.82, 2.24) is 5.32 Å². The third kappa shape index (κ3) is 2.11. The van der Waals surface area contributed by atoms with Crippen LogP contribution in [-0.2, 0) is 6.42 Å². The van der Waals surface area contributed by atoms with Gasteiger partial charge in [-0.15, -0.1) is 0 Å². The molecule has 2 heteroatoms. The molecule has 86 valence electrons. The summed E-state index contributed by atoms with van der Waals surface area (Å²) in [4.78, 5) is 0. The summed E-state index contributed by atoms with van der Waals surface area (Å²) >= 11 is 5.90. The first-order valence-corrected chi connectivity index (χ1v) is 6.69. The van der Waals surface area contributed by atoms with Gasteiger partial charge in [-0.1, -0.05) is 23.7 Å². The van der Waals surface area contributed by atoms with E-state index >= 15 is 0 Å². The summed E-state index contributed by atoms with van der Waals surface area (Å²) in [5.74, 6) is 0.833. The van der Waals surface area contributed by atoms with E-state index < -0.39 is 0 Å². The summed E-state index contributed by atoms with van der Waals surface area (Å²) in [6.07, 6.45) is 6.74. The van der Waals surface area contributed by atoms with Crippen molar-refractivity contribution in [1.29, 1.82) is 0 Å². The van der Waals surface area contributed by atoms with E-state index in [0.29, 0.717) is 0 Å². The van der Waals surface area contributed by atoms with Gasteiger partial charge in [0, 0.05) is 17.1 Å². The molecule has 0 saturated carbocycles. The van der Waals surface area contributed by atoms with E-state index in [0.717, 1.165) is 23.0 Å². The lowest BCUT2D eigenvalue weighted by Gasteiger charge is -2.30. The number of piperidine rings is 1. The lowest BCUT2D eigenvalue weighted by molar-refractivity contribution is 0.289. The molecule has 3 atom stereocenters. The van der Waals surface area contributed by atoms with Crippen LogP contribution >= 0.6 is 11.6 Å². The first-order valence-electron chi connectivity index (χ1n) is 6.32. The van der Waals surface area contributed by atoms with Gasteiger partial charge in [-0.3, -0.25) is 0 Å². The van der Waals surface area contributed by atoms with Crippen LogP contribution in [0, 0.1) is 5.92 Å². The van der Waals surface area contributed by atoms with Crippen LogP contribution in [0.2, 0.25) is 5.02 Å². The predicted octanol–water partition coefficient (Wildman–Crippen LogP) is 3.41. The van der Waals surface area contributed by atoms with Gasteiger partial charge in [-0.2, -0.15) is 0 Å². The molecule has 0 amide bonds. The largest absolute Gasteiger partial charge is 0.311 e. The van der Waals surface area contributed by atoms with Crippen LogP contribution < -0.4 is 5.32 Å². The van der Waals surface area contributed by atoms with Crippen LogP contribution in [0.1, 0.15) is 31.2 Å². The molecule has 2 heterocycles. The fourth-order valence-electron chi connectivity index (χ4n) is 3.23. The van der Waals surface area contributed by atoms with Crippen LogP contribution in [0.3, 0.4) is 0 Å². The molecular weight excluding hydrogens is 218 g/mol. The molecule has 0 aromatic heterocycles. The first-order chi connectivity index (χ1) is 7.81. The topological polar surface area (TPSA) is 12.0 Å². The molecule has 1 N–H and O–H groups in total. The Balaban J connectivity index is 1.68. The number of nitrogens with one attached hydrogen (secondary N) is 1. The third-order valence-electron chi connectivity index (χ3n) is 4.14. The average Bonchev–Trinajstić information content (AvgIpc) is 2.69. The molecule has 0 unspecified atom stereocenters. The number of hydrogen-bond acceptors (Lipinski definition) is 1. The molecule has 3 rings (SSSR count). The quantitative estimate of drug-likeness (QED) is 0.829. The fourth-order valence-corrected chi connectivity index (χ4v) is 3.36. The maximum Gasteiger partial charge on any atom is 0.0406 e. The normalized spacial score (nSPS) is 32.9. The predicted molar refractivity (Wildman–Crippen MR) is 67.8 cm³/mol. The second kappa shape index (κ2) is 4.38. The van der Waals surface area contributed by atoms with Crippen LogP contribution in [0.25, 0.3) is 0 Å². The zero-order valence-corrected chi connectivity index (χ0v) is 10.2. The van der Waals surface area contributed by atoms with Crippen molar-refractivity contribution < 1.29 is 0 Å². The Labute approximate surface area is 102 Å². The smallest absolute Gasteiger partial charge is 0.0406 e. The highest BCUT2D eigenvalue weighted by Gasteiger charge is 2.34. The summed E-state index contributed by atoms with van der Waals surface area (Å²) in [5, 5.41) is 4.59. The summed E-state index contributed by atoms with van der Waals surface area (Å²) in [7, 11) is 0. The molecule has 1 nitrogen and oxygen atoms in total. The molecule has 0 aliphatic carbocycles. The highest BCUT2D eigenvalue weighted by Crippen LogP contribution is 2.33. The van der Waals surface area contributed by atoms with Gasteiger partial charge in [0.1, 0.15) is 0 Å². The molecule has 2 fully saturated rings. The van der Waals surface area contributed by atoms with Gasteiger partial charge in [-0.25, -0.2) is 0 Å². The molecule has 2 bridgehead atoms. The molecule has 2 saturated heterocycles. The Morgan fingerprint density at radius 1 is 1.06 bits per heavy atom. The Kier molecular flexibility index (Phi) is 2.91. The van der Waals surface area contributed by atoms with Crippen molar-refractivity contribution in [2.75, 3.05) is 0 Å². The fraction of sp³-hybridized carbons (Fsp3) is 0.571. The zero-order valence-electron chi connectivity index (χ0n) is 9.45.